The molecule has 0 radical (unpaired) electrons. The Hall–Kier alpha value is -0.800. The molecule has 4 heteroatoms. The summed E-state index contributed by atoms with van der Waals surface area (Å²) in [5, 5.41) is 0. The fraction of sp³-hybridized carbons (Fsp3) is 0.786. The summed E-state index contributed by atoms with van der Waals surface area (Å²) in [6, 6.07) is 0. The molecule has 0 aliphatic heterocycles. The first-order valence-electron chi connectivity index (χ1n) is 6.44. The molecule has 0 heterocycles. The second-order valence-electron chi connectivity index (χ2n) is 6.27. The highest BCUT2D eigenvalue weighted by atomic mass is 19.4. The molecule has 0 spiro atoms. The molecule has 18 heavy (non-hydrogen) atoms. The zero-order chi connectivity index (χ0) is 13.6. The molecule has 0 aromatic carbocycles. The molecule has 0 N–H and O–H groups in total. The Morgan fingerprint density at radius 3 is 2.17 bits per heavy atom. The Kier molecular flexibility index (Phi) is 3.11. The number of nitrogens with zero attached hydrogens (tertiary/aromatic N) is 1. The number of hydrogen-bond donors (Lipinski definition) is 0. The van der Waals surface area contributed by atoms with Crippen LogP contribution in [0, 0.1) is 10.8 Å². The van der Waals surface area contributed by atoms with Gasteiger partial charge in [0.25, 0.3) is 0 Å². The van der Waals surface area contributed by atoms with Crippen molar-refractivity contribution >= 4 is 5.71 Å². The van der Waals surface area contributed by atoms with Crippen LogP contribution in [0.3, 0.4) is 0 Å². The Labute approximate surface area is 106 Å². The Morgan fingerprint density at radius 1 is 1.22 bits per heavy atom. The van der Waals surface area contributed by atoms with E-state index in [1.165, 1.54) is 12.8 Å². The molecule has 2 aliphatic rings. The fourth-order valence-corrected chi connectivity index (χ4v) is 3.46. The normalized spacial score (nSPS) is 36.2. The van der Waals surface area contributed by atoms with Crippen LogP contribution in [0.2, 0.25) is 0 Å². The third-order valence-corrected chi connectivity index (χ3v) is 4.85. The summed E-state index contributed by atoms with van der Waals surface area (Å²) >= 11 is 0. The number of alkyl halides is 3. The van der Waals surface area contributed by atoms with Gasteiger partial charge in [-0.25, -0.2) is 0 Å². The number of hydrogen-bond acceptors (Lipinski definition) is 1. The number of halogens is 3. The zero-order valence-corrected chi connectivity index (χ0v) is 11.0. The predicted molar refractivity (Wildman–Crippen MR) is 66.8 cm³/mol. The van der Waals surface area contributed by atoms with Crippen molar-refractivity contribution in [3.05, 3.63) is 12.2 Å². The molecular weight excluding hydrogens is 239 g/mol. The standard InChI is InChI=1S/C14H20F3N/c1-10(14(15,16)17)8-18-11(2)13-6-4-12(3,9-13)5-7-13/h1,4-9H2,2-3H3. The van der Waals surface area contributed by atoms with Gasteiger partial charge in [0.1, 0.15) is 0 Å². The molecule has 1 nitrogen and oxygen atoms in total. The van der Waals surface area contributed by atoms with E-state index in [2.05, 4.69) is 18.5 Å². The fourth-order valence-electron chi connectivity index (χ4n) is 3.46. The summed E-state index contributed by atoms with van der Waals surface area (Å²) in [6.07, 6.45) is 1.30. The summed E-state index contributed by atoms with van der Waals surface area (Å²) in [6.45, 7) is 6.92. The van der Waals surface area contributed by atoms with Crippen molar-refractivity contribution in [2.75, 3.05) is 6.54 Å². The molecular formula is C14H20F3N. The van der Waals surface area contributed by atoms with Gasteiger partial charge in [-0.05, 0) is 44.4 Å². The first-order chi connectivity index (χ1) is 8.17. The first-order valence-corrected chi connectivity index (χ1v) is 6.44. The van der Waals surface area contributed by atoms with Crippen molar-refractivity contribution < 1.29 is 13.2 Å². The highest BCUT2D eigenvalue weighted by Crippen LogP contribution is 2.61. The van der Waals surface area contributed by atoms with Crippen molar-refractivity contribution in [2.45, 2.75) is 52.1 Å². The lowest BCUT2D eigenvalue weighted by atomic mass is 9.79. The Balaban J connectivity index is 2.04. The van der Waals surface area contributed by atoms with Gasteiger partial charge in [0.15, 0.2) is 0 Å². The zero-order valence-electron chi connectivity index (χ0n) is 11.0. The second-order valence-corrected chi connectivity index (χ2v) is 6.27. The largest absolute Gasteiger partial charge is 0.413 e. The molecule has 0 aromatic rings. The Bertz CT molecular complexity index is 384. The van der Waals surface area contributed by atoms with Gasteiger partial charge in [0, 0.05) is 16.7 Å². The van der Waals surface area contributed by atoms with E-state index in [0.29, 0.717) is 5.41 Å². The summed E-state index contributed by atoms with van der Waals surface area (Å²) in [5.74, 6) is 0. The monoisotopic (exact) mass is 259 g/mol. The van der Waals surface area contributed by atoms with Crippen LogP contribution in [-0.4, -0.2) is 18.4 Å². The minimum absolute atomic E-state index is 0.0840. The van der Waals surface area contributed by atoms with Crippen LogP contribution in [0.15, 0.2) is 17.1 Å². The SMILES string of the molecule is C=C(CN=C(C)C12CCC(C)(CC1)C2)C(F)(F)F. The van der Waals surface area contributed by atoms with Crippen LogP contribution < -0.4 is 0 Å². The summed E-state index contributed by atoms with van der Waals surface area (Å²) in [4.78, 5) is 4.17. The maximum Gasteiger partial charge on any atom is 0.413 e. The number of aliphatic imine (C=N–C) groups is 1. The molecule has 2 aliphatic carbocycles. The average Bonchev–Trinajstić information content (AvgIpc) is 2.78. The second kappa shape index (κ2) is 4.10. The minimum Gasteiger partial charge on any atom is -0.289 e. The molecule has 2 bridgehead atoms. The van der Waals surface area contributed by atoms with Crippen molar-refractivity contribution in [2.24, 2.45) is 15.8 Å². The van der Waals surface area contributed by atoms with Crippen LogP contribution in [0.25, 0.3) is 0 Å². The molecule has 0 saturated heterocycles. The van der Waals surface area contributed by atoms with Gasteiger partial charge in [-0.3, -0.25) is 4.99 Å². The van der Waals surface area contributed by atoms with E-state index in [4.69, 9.17) is 0 Å². The van der Waals surface area contributed by atoms with Crippen molar-refractivity contribution in [1.29, 1.82) is 0 Å². The molecule has 2 rings (SSSR count). The highest BCUT2D eigenvalue weighted by molar-refractivity contribution is 5.89. The van der Waals surface area contributed by atoms with Crippen LogP contribution >= 0.6 is 0 Å². The molecule has 0 aromatic heterocycles. The van der Waals surface area contributed by atoms with E-state index in [0.717, 1.165) is 25.0 Å². The molecule has 0 atom stereocenters. The smallest absolute Gasteiger partial charge is 0.289 e. The number of fused-ring (bicyclic) bond motifs is 2. The van der Waals surface area contributed by atoms with Crippen molar-refractivity contribution in [3.63, 3.8) is 0 Å². The van der Waals surface area contributed by atoms with Gasteiger partial charge in [-0.1, -0.05) is 13.5 Å². The first kappa shape index (κ1) is 13.6. The molecule has 2 saturated carbocycles. The summed E-state index contributed by atoms with van der Waals surface area (Å²) in [5.41, 5.74) is 0.629. The van der Waals surface area contributed by atoms with E-state index >= 15 is 0 Å². The van der Waals surface area contributed by atoms with Crippen LogP contribution in [0.4, 0.5) is 13.2 Å². The van der Waals surface area contributed by atoms with E-state index in [-0.39, 0.29) is 12.0 Å². The van der Waals surface area contributed by atoms with Gasteiger partial charge >= 0.3 is 6.18 Å². The predicted octanol–water partition coefficient (Wildman–Crippen LogP) is 4.54. The lowest BCUT2D eigenvalue weighted by Crippen LogP contribution is -2.25. The average molecular weight is 259 g/mol. The molecule has 2 fully saturated rings. The van der Waals surface area contributed by atoms with Gasteiger partial charge in [0.05, 0.1) is 6.54 Å². The van der Waals surface area contributed by atoms with Crippen molar-refractivity contribution in [1.82, 2.24) is 0 Å². The van der Waals surface area contributed by atoms with Crippen LogP contribution in [0.1, 0.15) is 46.0 Å². The summed E-state index contributed by atoms with van der Waals surface area (Å²) in [7, 11) is 0. The quantitative estimate of drug-likeness (QED) is 0.521. The van der Waals surface area contributed by atoms with Crippen LogP contribution in [-0.2, 0) is 0 Å². The van der Waals surface area contributed by atoms with Crippen LogP contribution in [0.5, 0.6) is 0 Å². The Morgan fingerprint density at radius 2 is 1.78 bits per heavy atom. The summed E-state index contributed by atoms with van der Waals surface area (Å²) < 4.78 is 37.1. The van der Waals surface area contributed by atoms with Crippen molar-refractivity contribution in [3.8, 4) is 0 Å². The lowest BCUT2D eigenvalue weighted by Gasteiger charge is -2.27. The molecule has 102 valence electrons. The van der Waals surface area contributed by atoms with Gasteiger partial charge in [-0.15, -0.1) is 0 Å². The highest BCUT2D eigenvalue weighted by Gasteiger charge is 2.52. The third-order valence-electron chi connectivity index (χ3n) is 4.85. The topological polar surface area (TPSA) is 12.4 Å². The maximum absolute atomic E-state index is 12.4. The van der Waals surface area contributed by atoms with Gasteiger partial charge in [-0.2, -0.15) is 13.2 Å². The van der Waals surface area contributed by atoms with Gasteiger partial charge in [0.2, 0.25) is 0 Å². The van der Waals surface area contributed by atoms with E-state index in [1.807, 2.05) is 6.92 Å². The van der Waals surface area contributed by atoms with E-state index in [9.17, 15) is 13.2 Å². The molecule has 0 amide bonds. The minimum atomic E-state index is -4.32. The molecule has 0 unspecified atom stereocenters. The van der Waals surface area contributed by atoms with E-state index in [1.54, 1.807) is 0 Å². The van der Waals surface area contributed by atoms with E-state index < -0.39 is 11.7 Å². The van der Waals surface area contributed by atoms with Gasteiger partial charge < -0.3 is 0 Å². The number of rotatable bonds is 3. The lowest BCUT2D eigenvalue weighted by molar-refractivity contribution is -0.0917. The maximum atomic E-state index is 12.4. The third kappa shape index (κ3) is 2.34.